The van der Waals surface area contributed by atoms with Crippen molar-refractivity contribution in [2.45, 2.75) is 44.1 Å². The minimum atomic E-state index is -3.34. The molecule has 0 saturated heterocycles. The summed E-state index contributed by atoms with van der Waals surface area (Å²) in [6.45, 7) is 4.98. The first-order valence-electron chi connectivity index (χ1n) is 6.80. The molecule has 1 aliphatic carbocycles. The van der Waals surface area contributed by atoms with E-state index in [-0.39, 0.29) is 16.3 Å². The van der Waals surface area contributed by atoms with Crippen LogP contribution in [0.25, 0.3) is 0 Å². The summed E-state index contributed by atoms with van der Waals surface area (Å²) >= 11 is 5.93. The largest absolute Gasteiger partial charge is 0.480 e. The second-order valence-corrected chi connectivity index (χ2v) is 6.82. The highest BCUT2D eigenvalue weighted by molar-refractivity contribution is 6.33. The summed E-state index contributed by atoms with van der Waals surface area (Å²) in [5.41, 5.74) is -3.13. The number of carbonyl (C=O) groups is 2. The van der Waals surface area contributed by atoms with Crippen LogP contribution in [0, 0.1) is 0 Å². The maximum absolute atomic E-state index is 13.6. The van der Waals surface area contributed by atoms with Crippen LogP contribution in [0.4, 0.5) is 19.3 Å². The molecular weight excluding hydrogens is 332 g/mol. The smallest absolute Gasteiger partial charge is 0.412 e. The number of alkyl halides is 2. The van der Waals surface area contributed by atoms with E-state index < -0.39 is 35.4 Å². The molecule has 2 N–H and O–H groups in total. The molecule has 1 aliphatic rings. The first-order valence-corrected chi connectivity index (χ1v) is 7.18. The predicted octanol–water partition coefficient (Wildman–Crippen LogP) is 4.05. The van der Waals surface area contributed by atoms with Crippen LogP contribution >= 0.6 is 11.6 Å². The summed E-state index contributed by atoms with van der Waals surface area (Å²) < 4.78 is 32.2. The Morgan fingerprint density at radius 2 is 1.91 bits per heavy atom. The third kappa shape index (κ3) is 3.24. The number of amides is 1. The van der Waals surface area contributed by atoms with E-state index in [0.29, 0.717) is 0 Å². The van der Waals surface area contributed by atoms with Crippen molar-refractivity contribution in [2.24, 2.45) is 0 Å². The summed E-state index contributed by atoms with van der Waals surface area (Å²) in [4.78, 5) is 23.0. The van der Waals surface area contributed by atoms with Crippen molar-refractivity contribution in [3.63, 3.8) is 0 Å². The average Bonchev–Trinajstić information content (AvgIpc) is 2.94. The van der Waals surface area contributed by atoms with Gasteiger partial charge in [-0.05, 0) is 38.5 Å². The summed E-state index contributed by atoms with van der Waals surface area (Å²) in [7, 11) is 0. The number of ether oxygens (including phenoxy) is 1. The Kier molecular flexibility index (Phi) is 4.05. The van der Waals surface area contributed by atoms with Crippen LogP contribution in [0.15, 0.2) is 18.2 Å². The zero-order valence-electron chi connectivity index (χ0n) is 12.7. The predicted molar refractivity (Wildman–Crippen MR) is 80.2 cm³/mol. The SMILES string of the molecule is CC(C)(C)OC(=O)Nc1cc(C2(C(=O)O)CC2(F)F)ccc1Cl. The molecule has 5 nitrogen and oxygen atoms in total. The molecule has 1 saturated carbocycles. The number of carboxylic acids is 1. The van der Waals surface area contributed by atoms with E-state index in [4.69, 9.17) is 21.4 Å². The molecule has 23 heavy (non-hydrogen) atoms. The monoisotopic (exact) mass is 347 g/mol. The van der Waals surface area contributed by atoms with E-state index in [1.807, 2.05) is 0 Å². The van der Waals surface area contributed by atoms with Crippen LogP contribution in [0.5, 0.6) is 0 Å². The van der Waals surface area contributed by atoms with Gasteiger partial charge in [0.2, 0.25) is 0 Å². The van der Waals surface area contributed by atoms with E-state index in [2.05, 4.69) is 5.32 Å². The summed E-state index contributed by atoms with van der Waals surface area (Å²) in [5.74, 6) is -4.96. The molecule has 0 heterocycles. The third-order valence-corrected chi connectivity index (χ3v) is 3.78. The van der Waals surface area contributed by atoms with Gasteiger partial charge in [-0.3, -0.25) is 10.1 Å². The zero-order chi connectivity index (χ0) is 17.6. The number of aliphatic carboxylic acids is 1. The second-order valence-electron chi connectivity index (χ2n) is 6.41. The lowest BCUT2D eigenvalue weighted by molar-refractivity contribution is -0.142. The van der Waals surface area contributed by atoms with Crippen molar-refractivity contribution in [1.29, 1.82) is 0 Å². The van der Waals surface area contributed by atoms with Gasteiger partial charge >= 0.3 is 12.1 Å². The lowest BCUT2D eigenvalue weighted by atomic mass is 9.95. The summed E-state index contributed by atoms with van der Waals surface area (Å²) in [6.07, 6.45) is -1.61. The fourth-order valence-electron chi connectivity index (χ4n) is 2.26. The van der Waals surface area contributed by atoms with Gasteiger partial charge in [-0.1, -0.05) is 17.7 Å². The molecule has 1 aromatic rings. The lowest BCUT2D eigenvalue weighted by Gasteiger charge is -2.20. The molecule has 8 heteroatoms. The number of anilines is 1. The van der Waals surface area contributed by atoms with Crippen LogP contribution in [0.3, 0.4) is 0 Å². The first-order chi connectivity index (χ1) is 10.4. The van der Waals surface area contributed by atoms with Gasteiger partial charge in [0, 0.05) is 6.42 Å². The van der Waals surface area contributed by atoms with Crippen molar-refractivity contribution in [3.8, 4) is 0 Å². The summed E-state index contributed by atoms with van der Waals surface area (Å²) in [5, 5.41) is 11.6. The van der Waals surface area contributed by atoms with Gasteiger partial charge in [-0.15, -0.1) is 0 Å². The first kappa shape index (κ1) is 17.5. The Labute approximate surface area is 136 Å². The van der Waals surface area contributed by atoms with Gasteiger partial charge in [0.1, 0.15) is 5.60 Å². The Morgan fingerprint density at radius 1 is 1.35 bits per heavy atom. The van der Waals surface area contributed by atoms with Gasteiger partial charge in [0.15, 0.2) is 5.41 Å². The number of hydrogen-bond acceptors (Lipinski definition) is 3. The highest BCUT2D eigenvalue weighted by Crippen LogP contribution is 2.62. The average molecular weight is 348 g/mol. The van der Waals surface area contributed by atoms with Gasteiger partial charge in [-0.25, -0.2) is 13.6 Å². The number of benzene rings is 1. The fourth-order valence-corrected chi connectivity index (χ4v) is 2.42. The van der Waals surface area contributed by atoms with Gasteiger partial charge in [0.25, 0.3) is 5.92 Å². The molecule has 1 amide bonds. The molecule has 1 aromatic carbocycles. The Balaban J connectivity index is 2.31. The van der Waals surface area contributed by atoms with E-state index >= 15 is 0 Å². The second kappa shape index (κ2) is 5.33. The molecule has 2 rings (SSSR count). The normalized spacial score (nSPS) is 22.3. The minimum absolute atomic E-state index is 0.0155. The molecular formula is C15H16ClF2NO4. The van der Waals surface area contributed by atoms with E-state index in [9.17, 15) is 18.4 Å². The van der Waals surface area contributed by atoms with Gasteiger partial charge in [-0.2, -0.15) is 0 Å². The molecule has 0 spiro atoms. The number of carbonyl (C=O) groups excluding carboxylic acids is 1. The quantitative estimate of drug-likeness (QED) is 0.865. The standard InChI is InChI=1S/C15H16ClF2NO4/c1-13(2,3)23-12(22)19-10-6-8(4-5-9(10)16)14(11(20)21)7-15(14,17)18/h4-6H,7H2,1-3H3,(H,19,22)(H,20,21). The highest BCUT2D eigenvalue weighted by atomic mass is 35.5. The maximum Gasteiger partial charge on any atom is 0.412 e. The molecule has 0 bridgehead atoms. The molecule has 1 unspecified atom stereocenters. The van der Waals surface area contributed by atoms with E-state index in [1.165, 1.54) is 12.1 Å². The van der Waals surface area contributed by atoms with E-state index in [0.717, 1.165) is 6.07 Å². The topological polar surface area (TPSA) is 75.6 Å². The van der Waals surface area contributed by atoms with Crippen LogP contribution in [0.2, 0.25) is 5.02 Å². The number of carboxylic acid groups (broad SMARTS) is 1. The van der Waals surface area contributed by atoms with Crippen LogP contribution in [0.1, 0.15) is 32.8 Å². The van der Waals surface area contributed by atoms with Crippen molar-refractivity contribution in [3.05, 3.63) is 28.8 Å². The maximum atomic E-state index is 13.6. The van der Waals surface area contributed by atoms with E-state index in [1.54, 1.807) is 20.8 Å². The molecule has 0 aliphatic heterocycles. The van der Waals surface area contributed by atoms with Crippen LogP contribution < -0.4 is 5.32 Å². The van der Waals surface area contributed by atoms with Crippen LogP contribution in [-0.2, 0) is 14.9 Å². The number of rotatable bonds is 3. The molecule has 126 valence electrons. The lowest BCUT2D eigenvalue weighted by Crippen LogP contribution is -2.28. The fraction of sp³-hybridized carbons (Fsp3) is 0.467. The van der Waals surface area contributed by atoms with Crippen molar-refractivity contribution < 1.29 is 28.2 Å². The minimum Gasteiger partial charge on any atom is -0.480 e. The Hall–Kier alpha value is -1.89. The van der Waals surface area contributed by atoms with Gasteiger partial charge < -0.3 is 9.84 Å². The third-order valence-electron chi connectivity index (χ3n) is 3.45. The van der Waals surface area contributed by atoms with Crippen LogP contribution in [-0.4, -0.2) is 28.7 Å². The van der Waals surface area contributed by atoms with Crippen molar-refractivity contribution in [2.75, 3.05) is 5.32 Å². The summed E-state index contributed by atoms with van der Waals surface area (Å²) in [6, 6.07) is 3.63. The Morgan fingerprint density at radius 3 is 2.35 bits per heavy atom. The van der Waals surface area contributed by atoms with Crippen molar-refractivity contribution >= 4 is 29.4 Å². The molecule has 0 radical (unpaired) electrons. The highest BCUT2D eigenvalue weighted by Gasteiger charge is 2.77. The number of halogens is 3. The molecule has 0 aromatic heterocycles. The number of hydrogen-bond donors (Lipinski definition) is 2. The molecule has 1 fully saturated rings. The zero-order valence-corrected chi connectivity index (χ0v) is 13.5. The molecule has 1 atom stereocenters. The van der Waals surface area contributed by atoms with Crippen molar-refractivity contribution in [1.82, 2.24) is 0 Å². The number of nitrogens with one attached hydrogen (secondary N) is 1. The van der Waals surface area contributed by atoms with Gasteiger partial charge in [0.05, 0.1) is 10.7 Å². The Bertz CT molecular complexity index is 672.